The fourth-order valence-electron chi connectivity index (χ4n) is 13.2. The highest BCUT2D eigenvalue weighted by molar-refractivity contribution is 6.22. The normalized spacial score (nSPS) is 12.8. The molecule has 0 unspecified atom stereocenters. The van der Waals surface area contributed by atoms with Crippen LogP contribution in [0.1, 0.15) is 22.3 Å². The summed E-state index contributed by atoms with van der Waals surface area (Å²) in [6, 6.07) is 102. The number of hydrogen-bond donors (Lipinski definition) is 0. The average molecular weight is 983 g/mol. The van der Waals surface area contributed by atoms with E-state index >= 15 is 0 Å². The van der Waals surface area contributed by atoms with Crippen molar-refractivity contribution in [1.82, 2.24) is 0 Å². The molecule has 0 saturated carbocycles. The van der Waals surface area contributed by atoms with Crippen molar-refractivity contribution in [3.05, 3.63) is 301 Å². The minimum Gasteiger partial charge on any atom is -0.456 e. The molecule has 2 aromatic heterocycles. The summed E-state index contributed by atoms with van der Waals surface area (Å²) in [5.41, 5.74) is 16.7. The number of para-hydroxylation sites is 4. The number of hydrogen-bond acceptors (Lipinski definition) is 4. The zero-order valence-corrected chi connectivity index (χ0v) is 41.8. The van der Waals surface area contributed by atoms with E-state index < -0.39 is 5.41 Å². The Morgan fingerprint density at radius 1 is 0.273 bits per heavy atom. The Hall–Kier alpha value is -10.2. The first-order chi connectivity index (χ1) is 38.2. The molecule has 0 amide bonds. The first-order valence-electron chi connectivity index (χ1n) is 26.4. The summed E-state index contributed by atoms with van der Waals surface area (Å²) >= 11 is 0. The van der Waals surface area contributed by atoms with Crippen LogP contribution in [0.2, 0.25) is 0 Å². The van der Waals surface area contributed by atoms with Crippen LogP contribution in [0.5, 0.6) is 0 Å². The molecule has 16 rings (SSSR count). The molecule has 0 radical (unpaired) electrons. The van der Waals surface area contributed by atoms with Crippen LogP contribution >= 0.6 is 0 Å². The topological polar surface area (TPSA) is 32.8 Å². The van der Waals surface area contributed by atoms with Gasteiger partial charge < -0.3 is 18.6 Å². The highest BCUT2D eigenvalue weighted by Gasteiger charge is 2.49. The molecule has 13 aromatic carbocycles. The van der Waals surface area contributed by atoms with Gasteiger partial charge in [0.2, 0.25) is 0 Å². The zero-order chi connectivity index (χ0) is 50.6. The van der Waals surface area contributed by atoms with Crippen LogP contribution in [-0.4, -0.2) is 0 Å². The summed E-state index contributed by atoms with van der Waals surface area (Å²) in [6.45, 7) is 0. The van der Waals surface area contributed by atoms with Gasteiger partial charge >= 0.3 is 0 Å². The van der Waals surface area contributed by atoms with Crippen LogP contribution < -0.4 is 9.80 Å². The van der Waals surface area contributed by atoms with E-state index in [9.17, 15) is 0 Å². The molecule has 15 aromatic rings. The van der Waals surface area contributed by atoms with Crippen molar-refractivity contribution in [3.8, 4) is 11.1 Å². The van der Waals surface area contributed by atoms with Crippen LogP contribution in [0.4, 0.5) is 34.1 Å². The van der Waals surface area contributed by atoms with Gasteiger partial charge in [0.25, 0.3) is 0 Å². The first kappa shape index (κ1) is 43.3. The van der Waals surface area contributed by atoms with Crippen molar-refractivity contribution in [3.63, 3.8) is 0 Å². The van der Waals surface area contributed by atoms with Crippen molar-refractivity contribution in [2.24, 2.45) is 0 Å². The molecule has 0 spiro atoms. The Kier molecular flexibility index (Phi) is 9.52. The Labute approximate surface area is 444 Å². The maximum absolute atomic E-state index is 6.51. The summed E-state index contributed by atoms with van der Waals surface area (Å²) in [5, 5.41) is 11.6. The molecule has 4 nitrogen and oxygen atoms in total. The van der Waals surface area contributed by atoms with Crippen LogP contribution in [0.25, 0.3) is 87.3 Å². The van der Waals surface area contributed by atoms with Crippen molar-refractivity contribution in [1.29, 1.82) is 0 Å². The quantitative estimate of drug-likeness (QED) is 0.142. The van der Waals surface area contributed by atoms with E-state index in [1.165, 1.54) is 60.3 Å². The van der Waals surface area contributed by atoms with E-state index in [2.05, 4.69) is 277 Å². The molecular formula is C73H46N2O2. The van der Waals surface area contributed by atoms with Gasteiger partial charge in [-0.05, 0) is 151 Å². The highest BCUT2D eigenvalue weighted by atomic mass is 16.3. The molecule has 360 valence electrons. The number of rotatable bonds is 8. The average Bonchev–Trinajstić information content (AvgIpc) is 3.82. The molecule has 4 heteroatoms. The molecule has 0 saturated heterocycles. The molecule has 0 aliphatic heterocycles. The lowest BCUT2D eigenvalue weighted by Crippen LogP contribution is -2.29. The summed E-state index contributed by atoms with van der Waals surface area (Å²) < 4.78 is 13.0. The molecule has 0 atom stereocenters. The van der Waals surface area contributed by atoms with Crippen LogP contribution in [0, 0.1) is 0 Å². The van der Waals surface area contributed by atoms with Crippen molar-refractivity contribution < 1.29 is 8.83 Å². The summed E-state index contributed by atoms with van der Waals surface area (Å²) in [4.78, 5) is 4.79. The smallest absolute Gasteiger partial charge is 0.137 e. The van der Waals surface area contributed by atoms with Gasteiger partial charge in [-0.25, -0.2) is 0 Å². The van der Waals surface area contributed by atoms with E-state index in [0.29, 0.717) is 0 Å². The molecule has 1 aliphatic carbocycles. The second-order valence-electron chi connectivity index (χ2n) is 20.2. The first-order valence-corrected chi connectivity index (χ1v) is 26.4. The molecule has 1 aliphatic rings. The maximum Gasteiger partial charge on any atom is 0.137 e. The van der Waals surface area contributed by atoms with E-state index in [4.69, 9.17) is 8.83 Å². The SMILES string of the molecule is c1ccc(N(c2ccc3c4c(ccc3c2)-c2c(c3ccc(N(c5ccccc5)c5cccc6oc7ccccc7c56)cc3c3ccccc23)C4(c2ccccc2)c2ccccc2)c2cccc3oc4ccccc4c23)cc1. The van der Waals surface area contributed by atoms with Gasteiger partial charge in [-0.1, -0.05) is 194 Å². The van der Waals surface area contributed by atoms with E-state index in [0.717, 1.165) is 83.4 Å². The lowest BCUT2D eigenvalue weighted by Gasteiger charge is -2.36. The lowest BCUT2D eigenvalue weighted by molar-refractivity contribution is 0.668. The van der Waals surface area contributed by atoms with Gasteiger partial charge in [0.1, 0.15) is 22.3 Å². The van der Waals surface area contributed by atoms with Crippen LogP contribution in [0.15, 0.2) is 288 Å². The van der Waals surface area contributed by atoms with Crippen molar-refractivity contribution >= 4 is 110 Å². The van der Waals surface area contributed by atoms with Gasteiger partial charge in [0.05, 0.1) is 27.6 Å². The van der Waals surface area contributed by atoms with Crippen LogP contribution in [0.3, 0.4) is 0 Å². The number of nitrogens with zero attached hydrogens (tertiary/aromatic N) is 2. The predicted molar refractivity (Wildman–Crippen MR) is 320 cm³/mol. The van der Waals surface area contributed by atoms with E-state index in [1.54, 1.807) is 0 Å². The summed E-state index contributed by atoms with van der Waals surface area (Å²) in [6.07, 6.45) is 0. The Bertz CT molecular complexity index is 4770. The highest BCUT2D eigenvalue weighted by Crippen LogP contribution is 2.62. The zero-order valence-electron chi connectivity index (χ0n) is 41.8. The molecular weight excluding hydrogens is 937 g/mol. The van der Waals surface area contributed by atoms with E-state index in [-0.39, 0.29) is 0 Å². The number of benzene rings is 13. The maximum atomic E-state index is 6.51. The van der Waals surface area contributed by atoms with Crippen molar-refractivity contribution in [2.75, 3.05) is 9.80 Å². The molecule has 2 heterocycles. The second-order valence-corrected chi connectivity index (χ2v) is 20.2. The van der Waals surface area contributed by atoms with Gasteiger partial charge in [0.15, 0.2) is 0 Å². The number of furan rings is 2. The minimum absolute atomic E-state index is 0.723. The molecule has 0 bridgehead atoms. The van der Waals surface area contributed by atoms with E-state index in [1.807, 2.05) is 12.1 Å². The van der Waals surface area contributed by atoms with Crippen LogP contribution in [-0.2, 0) is 5.41 Å². The largest absolute Gasteiger partial charge is 0.456 e. The third-order valence-corrected chi connectivity index (χ3v) is 16.2. The molecule has 77 heavy (non-hydrogen) atoms. The second kappa shape index (κ2) is 16.9. The number of anilines is 6. The predicted octanol–water partition coefficient (Wildman–Crippen LogP) is 20.2. The lowest BCUT2D eigenvalue weighted by atomic mass is 9.65. The van der Waals surface area contributed by atoms with Crippen molar-refractivity contribution in [2.45, 2.75) is 5.41 Å². The molecule has 0 N–H and O–H groups in total. The Balaban J connectivity index is 0.979. The standard InChI is InChI=1S/C73H46N2O2/c1-5-21-48(22-6-1)73(49-23-7-2-8-24-49)71-54-43-40-52(74(50-25-9-3-10-26-50)62-33-19-37-66-69(62)58-31-15-17-35-64(58)76-66)45-47(54)39-42-60(71)68-56-30-14-13-29-55(56)61-46-53(41-44-57(61)72(68)73)75(51-27-11-4-12-28-51)63-34-20-38-67-70(63)59-32-16-18-36-65(59)77-67/h1-46H. The third kappa shape index (κ3) is 6.33. The summed E-state index contributed by atoms with van der Waals surface area (Å²) in [7, 11) is 0. The monoisotopic (exact) mass is 982 g/mol. The summed E-state index contributed by atoms with van der Waals surface area (Å²) in [5.74, 6) is 0. The fraction of sp³-hybridized carbons (Fsp3) is 0.0137. The third-order valence-electron chi connectivity index (χ3n) is 16.2. The number of fused-ring (bicyclic) bond motifs is 16. The van der Waals surface area contributed by atoms with Gasteiger partial charge in [-0.15, -0.1) is 0 Å². The Morgan fingerprint density at radius 3 is 1.29 bits per heavy atom. The van der Waals surface area contributed by atoms with Gasteiger partial charge in [-0.2, -0.15) is 0 Å². The molecule has 0 fully saturated rings. The van der Waals surface area contributed by atoms with Gasteiger partial charge in [0, 0.05) is 33.5 Å². The minimum atomic E-state index is -0.723. The van der Waals surface area contributed by atoms with Gasteiger partial charge in [-0.3, -0.25) is 0 Å². The fourth-order valence-corrected chi connectivity index (χ4v) is 13.2. The Morgan fingerprint density at radius 2 is 0.727 bits per heavy atom.